The molecule has 8 heteroatoms. The van der Waals surface area contributed by atoms with E-state index in [-0.39, 0.29) is 18.4 Å². The van der Waals surface area contributed by atoms with Crippen LogP contribution in [0.1, 0.15) is 23.1 Å². The van der Waals surface area contributed by atoms with E-state index in [9.17, 15) is 9.59 Å². The van der Waals surface area contributed by atoms with Crippen LogP contribution in [0.4, 0.5) is 11.4 Å². The van der Waals surface area contributed by atoms with E-state index >= 15 is 0 Å². The molecule has 1 aliphatic heterocycles. The lowest BCUT2D eigenvalue weighted by Crippen LogP contribution is -2.35. The number of aromatic nitrogens is 2. The summed E-state index contributed by atoms with van der Waals surface area (Å²) in [5.74, 6) is 0.784. The lowest BCUT2D eigenvalue weighted by molar-refractivity contribution is -0.120. The van der Waals surface area contributed by atoms with Crippen LogP contribution in [0.2, 0.25) is 0 Å². The van der Waals surface area contributed by atoms with Crippen LogP contribution in [0, 0.1) is 6.92 Å². The van der Waals surface area contributed by atoms with E-state index < -0.39 is 0 Å². The van der Waals surface area contributed by atoms with E-state index in [0.29, 0.717) is 46.5 Å². The summed E-state index contributed by atoms with van der Waals surface area (Å²) in [5.41, 5.74) is 2.79. The second kappa shape index (κ2) is 6.88. The predicted molar refractivity (Wildman–Crippen MR) is 104 cm³/mol. The minimum Gasteiger partial charge on any atom is -0.490 e. The Morgan fingerprint density at radius 2 is 2.18 bits per heavy atom. The standard InChI is InChI=1S/C20H20N4O4/c1-4-27-16-6-5-9-24-18(12(2)21-19(16)24)20(26)22-13-7-8-15-14(10-13)23(3)17(25)11-28-15/h5-10H,4,11H2,1-3H3,(H,22,26). The number of fused-ring (bicyclic) bond motifs is 2. The molecule has 3 aromatic rings. The average Bonchev–Trinajstić information content (AvgIpc) is 3.02. The van der Waals surface area contributed by atoms with Crippen LogP contribution in [0.3, 0.4) is 0 Å². The first-order valence-electron chi connectivity index (χ1n) is 8.94. The van der Waals surface area contributed by atoms with Crippen LogP contribution in [0.25, 0.3) is 5.65 Å². The molecule has 0 atom stereocenters. The molecule has 28 heavy (non-hydrogen) atoms. The van der Waals surface area contributed by atoms with Crippen molar-refractivity contribution in [1.29, 1.82) is 0 Å². The third-order valence-electron chi connectivity index (χ3n) is 4.61. The molecule has 4 rings (SSSR count). The van der Waals surface area contributed by atoms with Crippen LogP contribution >= 0.6 is 0 Å². The van der Waals surface area contributed by atoms with Crippen molar-refractivity contribution in [3.05, 3.63) is 47.9 Å². The molecule has 1 aliphatic rings. The molecule has 2 amide bonds. The molecule has 0 fully saturated rings. The Morgan fingerprint density at radius 3 is 2.96 bits per heavy atom. The van der Waals surface area contributed by atoms with E-state index in [1.807, 2.05) is 19.1 Å². The Morgan fingerprint density at radius 1 is 1.36 bits per heavy atom. The third kappa shape index (κ3) is 2.92. The summed E-state index contributed by atoms with van der Waals surface area (Å²) in [4.78, 5) is 30.8. The van der Waals surface area contributed by atoms with Gasteiger partial charge in [0.15, 0.2) is 18.0 Å². The summed E-state index contributed by atoms with van der Waals surface area (Å²) < 4.78 is 12.7. The van der Waals surface area contributed by atoms with E-state index in [2.05, 4.69) is 10.3 Å². The number of hydrogen-bond donors (Lipinski definition) is 1. The SMILES string of the molecule is CCOc1cccn2c(C(=O)Nc3ccc4c(c3)N(C)C(=O)CO4)c(C)nc12. The van der Waals surface area contributed by atoms with Crippen LogP contribution in [-0.4, -0.2) is 41.5 Å². The van der Waals surface area contributed by atoms with Crippen molar-refractivity contribution in [3.63, 3.8) is 0 Å². The summed E-state index contributed by atoms with van der Waals surface area (Å²) in [7, 11) is 1.68. The molecule has 0 saturated heterocycles. The first-order chi connectivity index (χ1) is 13.5. The third-order valence-corrected chi connectivity index (χ3v) is 4.61. The first kappa shape index (κ1) is 17.8. The molecule has 1 aromatic carbocycles. The number of ether oxygens (including phenoxy) is 2. The number of nitrogens with one attached hydrogen (secondary N) is 1. The predicted octanol–water partition coefficient (Wildman–Crippen LogP) is 2.65. The van der Waals surface area contributed by atoms with Gasteiger partial charge in [-0.2, -0.15) is 0 Å². The van der Waals surface area contributed by atoms with E-state index in [1.165, 1.54) is 4.90 Å². The van der Waals surface area contributed by atoms with Gasteiger partial charge >= 0.3 is 0 Å². The van der Waals surface area contributed by atoms with Gasteiger partial charge in [-0.3, -0.25) is 14.0 Å². The Hall–Kier alpha value is -3.55. The maximum atomic E-state index is 13.0. The van der Waals surface area contributed by atoms with Gasteiger partial charge in [0.05, 0.1) is 18.0 Å². The van der Waals surface area contributed by atoms with E-state index in [4.69, 9.17) is 9.47 Å². The minimum absolute atomic E-state index is 0.0123. The van der Waals surface area contributed by atoms with Crippen LogP contribution in [-0.2, 0) is 4.79 Å². The topological polar surface area (TPSA) is 85.2 Å². The summed E-state index contributed by atoms with van der Waals surface area (Å²) in [6.07, 6.45) is 1.78. The van der Waals surface area contributed by atoms with Crippen molar-refractivity contribution in [1.82, 2.24) is 9.38 Å². The number of carbonyl (C=O) groups is 2. The van der Waals surface area contributed by atoms with Gasteiger partial charge < -0.3 is 19.7 Å². The van der Waals surface area contributed by atoms with Crippen molar-refractivity contribution in [2.24, 2.45) is 0 Å². The van der Waals surface area contributed by atoms with Gasteiger partial charge in [-0.25, -0.2) is 4.98 Å². The molecule has 0 spiro atoms. The summed E-state index contributed by atoms with van der Waals surface area (Å²) in [5, 5.41) is 2.88. The fraction of sp³-hybridized carbons (Fsp3) is 0.250. The van der Waals surface area contributed by atoms with Crippen LogP contribution in [0.15, 0.2) is 36.5 Å². The van der Waals surface area contributed by atoms with Gasteiger partial charge in [-0.1, -0.05) is 0 Å². The number of aryl methyl sites for hydroxylation is 1. The molecular weight excluding hydrogens is 360 g/mol. The Bertz CT molecular complexity index is 1090. The van der Waals surface area contributed by atoms with Gasteiger partial charge in [0.25, 0.3) is 11.8 Å². The quantitative estimate of drug-likeness (QED) is 0.752. The normalized spacial score (nSPS) is 13.2. The highest BCUT2D eigenvalue weighted by Gasteiger charge is 2.24. The smallest absolute Gasteiger partial charge is 0.274 e. The second-order valence-electron chi connectivity index (χ2n) is 6.42. The highest BCUT2D eigenvalue weighted by atomic mass is 16.5. The molecule has 1 N–H and O–H groups in total. The molecule has 0 saturated carbocycles. The van der Waals surface area contributed by atoms with Crippen molar-refractivity contribution in [3.8, 4) is 11.5 Å². The lowest BCUT2D eigenvalue weighted by Gasteiger charge is -2.26. The van der Waals surface area contributed by atoms with Crippen LogP contribution in [0.5, 0.6) is 11.5 Å². The minimum atomic E-state index is -0.302. The molecule has 2 aromatic heterocycles. The van der Waals surface area contributed by atoms with Crippen LogP contribution < -0.4 is 19.7 Å². The first-order valence-corrected chi connectivity index (χ1v) is 8.94. The van der Waals surface area contributed by atoms with Gasteiger partial charge in [-0.15, -0.1) is 0 Å². The zero-order valence-electron chi connectivity index (χ0n) is 15.9. The average molecular weight is 380 g/mol. The molecule has 3 heterocycles. The maximum Gasteiger partial charge on any atom is 0.274 e. The Balaban J connectivity index is 1.67. The Labute approximate surface area is 161 Å². The lowest BCUT2D eigenvalue weighted by atomic mass is 10.2. The van der Waals surface area contributed by atoms with Crippen molar-refractivity contribution < 1.29 is 19.1 Å². The second-order valence-corrected chi connectivity index (χ2v) is 6.42. The molecule has 0 bridgehead atoms. The number of benzene rings is 1. The number of pyridine rings is 1. The zero-order valence-corrected chi connectivity index (χ0v) is 15.9. The van der Waals surface area contributed by atoms with Gasteiger partial charge in [0.2, 0.25) is 0 Å². The number of carbonyl (C=O) groups excluding carboxylic acids is 2. The van der Waals surface area contributed by atoms with E-state index in [0.717, 1.165) is 0 Å². The molecule has 0 unspecified atom stereocenters. The van der Waals surface area contributed by atoms with Crippen molar-refractivity contribution in [2.75, 3.05) is 30.5 Å². The molecule has 0 radical (unpaired) electrons. The molecular formula is C20H20N4O4. The number of nitrogens with zero attached hydrogens (tertiary/aromatic N) is 3. The Kier molecular flexibility index (Phi) is 4.38. The summed E-state index contributed by atoms with van der Waals surface area (Å²) in [6, 6.07) is 8.83. The molecule has 8 nitrogen and oxygen atoms in total. The van der Waals surface area contributed by atoms with Gasteiger partial charge in [0, 0.05) is 18.9 Å². The summed E-state index contributed by atoms with van der Waals surface area (Å²) >= 11 is 0. The number of imidazole rings is 1. The fourth-order valence-corrected chi connectivity index (χ4v) is 3.24. The number of likely N-dealkylation sites (N-methyl/N-ethyl adjacent to an activating group) is 1. The number of amides is 2. The fourth-order valence-electron chi connectivity index (χ4n) is 3.24. The van der Waals surface area contributed by atoms with Crippen molar-refractivity contribution >= 4 is 28.8 Å². The van der Waals surface area contributed by atoms with Gasteiger partial charge in [0.1, 0.15) is 11.4 Å². The molecule has 144 valence electrons. The zero-order chi connectivity index (χ0) is 19.8. The number of anilines is 2. The van der Waals surface area contributed by atoms with Crippen molar-refractivity contribution in [2.45, 2.75) is 13.8 Å². The summed E-state index contributed by atoms with van der Waals surface area (Å²) in [6.45, 7) is 4.20. The maximum absolute atomic E-state index is 13.0. The number of hydrogen-bond acceptors (Lipinski definition) is 5. The monoisotopic (exact) mass is 380 g/mol. The molecule has 0 aliphatic carbocycles. The van der Waals surface area contributed by atoms with E-state index in [1.54, 1.807) is 42.8 Å². The number of rotatable bonds is 4. The largest absolute Gasteiger partial charge is 0.490 e. The highest BCUT2D eigenvalue weighted by Crippen LogP contribution is 2.34. The van der Waals surface area contributed by atoms with Gasteiger partial charge in [-0.05, 0) is 44.2 Å². The highest BCUT2D eigenvalue weighted by molar-refractivity contribution is 6.05.